The maximum atomic E-state index is 9.24. The lowest BCUT2D eigenvalue weighted by Gasteiger charge is -2.11. The smallest absolute Gasteiger partial charge is 0.224 e. The summed E-state index contributed by atoms with van der Waals surface area (Å²) in [6.07, 6.45) is 0. The topological polar surface area (TPSA) is 73.6 Å². The first-order valence-corrected chi connectivity index (χ1v) is 6.50. The van der Waals surface area contributed by atoms with Gasteiger partial charge in [0.1, 0.15) is 11.9 Å². The molecule has 0 spiro atoms. The quantitative estimate of drug-likeness (QED) is 0.890. The zero-order chi connectivity index (χ0) is 14.5. The molecular formula is C15H17N5. The van der Waals surface area contributed by atoms with Crippen LogP contribution in [0.3, 0.4) is 0 Å². The highest BCUT2D eigenvalue weighted by molar-refractivity contribution is 5.67. The molecule has 0 saturated heterocycles. The molecule has 102 valence electrons. The van der Waals surface area contributed by atoms with Crippen LogP contribution in [0.2, 0.25) is 0 Å². The number of hydrogen-bond acceptors (Lipinski definition) is 5. The highest BCUT2D eigenvalue weighted by Gasteiger charge is 2.07. The molecule has 0 amide bonds. The molecule has 0 bridgehead atoms. The zero-order valence-electron chi connectivity index (χ0n) is 11.9. The summed E-state index contributed by atoms with van der Waals surface area (Å²) in [6, 6.07) is 9.77. The van der Waals surface area contributed by atoms with Crippen molar-refractivity contribution in [3.63, 3.8) is 0 Å². The molecule has 5 nitrogen and oxygen atoms in total. The van der Waals surface area contributed by atoms with Crippen molar-refractivity contribution in [2.45, 2.75) is 20.8 Å². The van der Waals surface area contributed by atoms with E-state index in [-0.39, 0.29) is 0 Å². The highest BCUT2D eigenvalue weighted by Crippen LogP contribution is 2.22. The van der Waals surface area contributed by atoms with E-state index < -0.39 is 0 Å². The number of nitriles is 1. The number of rotatable bonds is 4. The summed E-state index contributed by atoms with van der Waals surface area (Å²) in [7, 11) is 0. The van der Waals surface area contributed by atoms with Gasteiger partial charge in [0.15, 0.2) is 0 Å². The van der Waals surface area contributed by atoms with Gasteiger partial charge < -0.3 is 10.6 Å². The molecule has 2 N–H and O–H groups in total. The number of nitrogens with one attached hydrogen (secondary N) is 2. The van der Waals surface area contributed by atoms with E-state index in [2.05, 4.69) is 26.7 Å². The molecule has 0 unspecified atom stereocenters. The molecule has 2 aromatic rings. The van der Waals surface area contributed by atoms with Crippen LogP contribution >= 0.6 is 0 Å². The van der Waals surface area contributed by atoms with E-state index in [1.165, 1.54) is 0 Å². The van der Waals surface area contributed by atoms with Crippen LogP contribution in [0.15, 0.2) is 24.3 Å². The number of aryl methyl sites for hydroxylation is 2. The third-order valence-corrected chi connectivity index (χ3v) is 2.84. The molecule has 20 heavy (non-hydrogen) atoms. The summed E-state index contributed by atoms with van der Waals surface area (Å²) < 4.78 is 0. The fourth-order valence-electron chi connectivity index (χ4n) is 1.93. The third-order valence-electron chi connectivity index (χ3n) is 2.84. The Bertz CT molecular complexity index is 658. The van der Waals surface area contributed by atoms with Crippen LogP contribution in [-0.2, 0) is 0 Å². The molecule has 1 heterocycles. The van der Waals surface area contributed by atoms with Crippen molar-refractivity contribution in [1.29, 1.82) is 5.26 Å². The minimum atomic E-state index is 0.584. The summed E-state index contributed by atoms with van der Waals surface area (Å²) in [4.78, 5) is 8.68. The van der Waals surface area contributed by atoms with Crippen molar-refractivity contribution in [1.82, 2.24) is 9.97 Å². The molecule has 1 aromatic carbocycles. The maximum Gasteiger partial charge on any atom is 0.224 e. The molecule has 0 fully saturated rings. The highest BCUT2D eigenvalue weighted by atomic mass is 15.1. The van der Waals surface area contributed by atoms with Gasteiger partial charge in [0, 0.05) is 18.3 Å². The van der Waals surface area contributed by atoms with E-state index in [1.54, 1.807) is 0 Å². The maximum absolute atomic E-state index is 9.24. The van der Waals surface area contributed by atoms with Crippen LogP contribution < -0.4 is 10.6 Å². The van der Waals surface area contributed by atoms with Gasteiger partial charge in [-0.15, -0.1) is 0 Å². The Morgan fingerprint density at radius 2 is 2.05 bits per heavy atom. The standard InChI is InChI=1S/C15H17N5/c1-4-17-15-18-11(3)8-14(20-15)19-13-7-5-6-10(2)12(13)9-16/h5-8H,4H2,1-3H3,(H2,17,18,19,20). The number of benzene rings is 1. The van der Waals surface area contributed by atoms with Crippen LogP contribution in [0.1, 0.15) is 23.7 Å². The lowest BCUT2D eigenvalue weighted by Crippen LogP contribution is -2.06. The van der Waals surface area contributed by atoms with Gasteiger partial charge in [0.25, 0.3) is 0 Å². The van der Waals surface area contributed by atoms with Gasteiger partial charge >= 0.3 is 0 Å². The summed E-state index contributed by atoms with van der Waals surface area (Å²) in [5.74, 6) is 1.26. The number of aromatic nitrogens is 2. The summed E-state index contributed by atoms with van der Waals surface area (Å²) in [6.45, 7) is 6.58. The molecular weight excluding hydrogens is 250 g/mol. The SMILES string of the molecule is CCNc1nc(C)cc(Nc2cccc(C)c2C#N)n1. The molecule has 2 rings (SSSR count). The molecule has 0 aliphatic carbocycles. The first-order chi connectivity index (χ1) is 9.63. The molecule has 0 aliphatic heterocycles. The van der Waals surface area contributed by atoms with E-state index >= 15 is 0 Å². The fourth-order valence-corrected chi connectivity index (χ4v) is 1.93. The van der Waals surface area contributed by atoms with Crippen LogP contribution in [0, 0.1) is 25.2 Å². The predicted molar refractivity (Wildman–Crippen MR) is 80.1 cm³/mol. The Morgan fingerprint density at radius 1 is 1.25 bits per heavy atom. The summed E-state index contributed by atoms with van der Waals surface area (Å²) in [5.41, 5.74) is 3.20. The van der Waals surface area contributed by atoms with Crippen molar-refractivity contribution in [3.8, 4) is 6.07 Å². The van der Waals surface area contributed by atoms with Crippen molar-refractivity contribution >= 4 is 17.5 Å². The van der Waals surface area contributed by atoms with Crippen molar-refractivity contribution in [2.24, 2.45) is 0 Å². The van der Waals surface area contributed by atoms with Crippen LogP contribution in [0.5, 0.6) is 0 Å². The Kier molecular flexibility index (Phi) is 4.16. The van der Waals surface area contributed by atoms with Crippen LogP contribution in [0.4, 0.5) is 17.5 Å². The second-order valence-electron chi connectivity index (χ2n) is 4.48. The monoisotopic (exact) mass is 267 g/mol. The summed E-state index contributed by atoms with van der Waals surface area (Å²) >= 11 is 0. The van der Waals surface area contributed by atoms with Gasteiger partial charge in [-0.2, -0.15) is 10.2 Å². The van der Waals surface area contributed by atoms with Gasteiger partial charge in [-0.1, -0.05) is 12.1 Å². The minimum Gasteiger partial charge on any atom is -0.354 e. The normalized spacial score (nSPS) is 9.90. The van der Waals surface area contributed by atoms with Gasteiger partial charge in [0.05, 0.1) is 11.3 Å². The average molecular weight is 267 g/mol. The van der Waals surface area contributed by atoms with Gasteiger partial charge in [-0.3, -0.25) is 0 Å². The number of nitrogens with zero attached hydrogens (tertiary/aromatic N) is 3. The molecule has 0 aliphatic rings. The molecule has 0 atom stereocenters. The largest absolute Gasteiger partial charge is 0.354 e. The van der Waals surface area contributed by atoms with E-state index in [9.17, 15) is 5.26 Å². The average Bonchev–Trinajstić information content (AvgIpc) is 2.38. The van der Waals surface area contributed by atoms with Crippen molar-refractivity contribution in [2.75, 3.05) is 17.2 Å². The Hall–Kier alpha value is -2.61. The minimum absolute atomic E-state index is 0.584. The lowest BCUT2D eigenvalue weighted by molar-refractivity contribution is 1.05. The van der Waals surface area contributed by atoms with E-state index in [4.69, 9.17) is 0 Å². The van der Waals surface area contributed by atoms with Crippen molar-refractivity contribution < 1.29 is 0 Å². The Balaban J connectivity index is 2.35. The third kappa shape index (κ3) is 3.04. The molecule has 0 saturated carbocycles. The predicted octanol–water partition coefficient (Wildman–Crippen LogP) is 3.14. The Labute approximate surface area is 118 Å². The van der Waals surface area contributed by atoms with Gasteiger partial charge in [-0.25, -0.2) is 4.98 Å². The second-order valence-corrected chi connectivity index (χ2v) is 4.48. The van der Waals surface area contributed by atoms with Crippen LogP contribution in [-0.4, -0.2) is 16.5 Å². The first kappa shape index (κ1) is 13.8. The lowest BCUT2D eigenvalue weighted by atomic mass is 10.1. The first-order valence-electron chi connectivity index (χ1n) is 6.50. The van der Waals surface area contributed by atoms with E-state index in [0.717, 1.165) is 23.5 Å². The second kappa shape index (κ2) is 6.02. The van der Waals surface area contributed by atoms with E-state index in [1.807, 2.05) is 45.0 Å². The molecule has 0 radical (unpaired) electrons. The Morgan fingerprint density at radius 3 is 2.75 bits per heavy atom. The van der Waals surface area contributed by atoms with E-state index in [0.29, 0.717) is 17.3 Å². The number of hydrogen-bond donors (Lipinski definition) is 2. The fraction of sp³-hybridized carbons (Fsp3) is 0.267. The van der Waals surface area contributed by atoms with Crippen LogP contribution in [0.25, 0.3) is 0 Å². The molecule has 5 heteroatoms. The molecule has 1 aromatic heterocycles. The number of anilines is 3. The van der Waals surface area contributed by atoms with Crippen molar-refractivity contribution in [3.05, 3.63) is 41.1 Å². The summed E-state index contributed by atoms with van der Waals surface area (Å²) in [5, 5.41) is 15.5. The van der Waals surface area contributed by atoms with Gasteiger partial charge in [-0.05, 0) is 32.4 Å². The van der Waals surface area contributed by atoms with Gasteiger partial charge in [0.2, 0.25) is 5.95 Å². The zero-order valence-corrected chi connectivity index (χ0v) is 11.9.